The summed E-state index contributed by atoms with van der Waals surface area (Å²) in [7, 11) is -3.78. The Morgan fingerprint density at radius 1 is 1.04 bits per heavy atom. The van der Waals surface area contributed by atoms with Crippen molar-refractivity contribution in [2.24, 2.45) is 0 Å². The second-order valence-corrected chi connectivity index (χ2v) is 8.35. The number of sulfonamides is 1. The molecule has 0 radical (unpaired) electrons. The van der Waals surface area contributed by atoms with Crippen LogP contribution < -0.4 is 4.72 Å². The van der Waals surface area contributed by atoms with Crippen molar-refractivity contribution >= 4 is 33.0 Å². The molecule has 0 aliphatic carbocycles. The Morgan fingerprint density at radius 2 is 1.76 bits per heavy atom. The van der Waals surface area contributed by atoms with Gasteiger partial charge < -0.3 is 5.11 Å². The lowest BCUT2D eigenvalue weighted by Gasteiger charge is -2.14. The fourth-order valence-electron chi connectivity index (χ4n) is 2.37. The van der Waals surface area contributed by atoms with Crippen molar-refractivity contribution in [2.45, 2.75) is 11.0 Å². The first-order chi connectivity index (χ1) is 12.0. The minimum Gasteiger partial charge on any atom is -0.387 e. The molecule has 3 aromatic rings. The molecule has 1 atom stereocenters. The monoisotopic (exact) mass is 393 g/mol. The van der Waals surface area contributed by atoms with Crippen LogP contribution in [0.3, 0.4) is 0 Å². The van der Waals surface area contributed by atoms with Crippen LogP contribution in [0.1, 0.15) is 11.7 Å². The van der Waals surface area contributed by atoms with Crippen molar-refractivity contribution in [3.05, 3.63) is 75.9 Å². The van der Waals surface area contributed by atoms with Gasteiger partial charge >= 0.3 is 0 Å². The van der Waals surface area contributed by atoms with Gasteiger partial charge in [-0.05, 0) is 45.6 Å². The fourth-order valence-corrected chi connectivity index (χ4v) is 4.59. The number of rotatable bonds is 6. The summed E-state index contributed by atoms with van der Waals surface area (Å²) in [5.41, 5.74) is 2.81. The minimum atomic E-state index is -3.78. The summed E-state index contributed by atoms with van der Waals surface area (Å²) in [5, 5.41) is 14.5. The summed E-state index contributed by atoms with van der Waals surface area (Å²) in [6, 6.07) is 15.6. The van der Waals surface area contributed by atoms with Gasteiger partial charge in [-0.1, -0.05) is 48.0 Å². The van der Waals surface area contributed by atoms with Crippen molar-refractivity contribution in [2.75, 3.05) is 6.54 Å². The molecule has 0 unspecified atom stereocenters. The first-order valence-electron chi connectivity index (χ1n) is 7.52. The predicted octanol–water partition coefficient (Wildman–Crippen LogP) is 4.08. The Hall–Kier alpha value is -1.70. The summed E-state index contributed by atoms with van der Waals surface area (Å²) >= 11 is 7.54. The van der Waals surface area contributed by atoms with Gasteiger partial charge in [-0.25, -0.2) is 13.1 Å². The van der Waals surface area contributed by atoms with Crippen LogP contribution >= 0.6 is 22.9 Å². The van der Waals surface area contributed by atoms with E-state index < -0.39 is 16.1 Å². The number of thiophene rings is 1. The number of benzene rings is 2. The molecule has 130 valence electrons. The molecule has 1 heterocycles. The highest BCUT2D eigenvalue weighted by molar-refractivity contribution is 7.89. The van der Waals surface area contributed by atoms with E-state index in [9.17, 15) is 13.5 Å². The summed E-state index contributed by atoms with van der Waals surface area (Å²) in [5.74, 6) is 0. The minimum absolute atomic E-state index is 0.00308. The van der Waals surface area contributed by atoms with E-state index in [0.29, 0.717) is 5.56 Å². The van der Waals surface area contributed by atoms with E-state index in [4.69, 9.17) is 11.6 Å². The number of halogens is 1. The maximum absolute atomic E-state index is 12.3. The molecule has 2 aromatic carbocycles. The molecule has 0 saturated carbocycles. The van der Waals surface area contributed by atoms with E-state index in [1.807, 2.05) is 29.0 Å². The Labute approximate surface area is 155 Å². The zero-order valence-electron chi connectivity index (χ0n) is 13.1. The van der Waals surface area contributed by atoms with Crippen molar-refractivity contribution in [1.82, 2.24) is 4.72 Å². The number of hydrogen-bond donors (Lipinski definition) is 2. The smallest absolute Gasteiger partial charge is 0.242 e. The van der Waals surface area contributed by atoms with E-state index in [2.05, 4.69) is 4.72 Å². The summed E-state index contributed by atoms with van der Waals surface area (Å²) in [4.78, 5) is -0.00308. The highest BCUT2D eigenvalue weighted by Gasteiger charge is 2.19. The molecule has 4 nitrogen and oxygen atoms in total. The molecule has 0 aliphatic heterocycles. The first kappa shape index (κ1) is 18.1. The molecular weight excluding hydrogens is 378 g/mol. The van der Waals surface area contributed by atoms with Crippen LogP contribution in [0, 0.1) is 0 Å². The lowest BCUT2D eigenvalue weighted by Crippen LogP contribution is -2.28. The van der Waals surface area contributed by atoms with Crippen LogP contribution in [0.5, 0.6) is 0 Å². The summed E-state index contributed by atoms with van der Waals surface area (Å²) in [6.45, 7) is -0.134. The van der Waals surface area contributed by atoms with Crippen LogP contribution in [0.25, 0.3) is 11.1 Å². The van der Waals surface area contributed by atoms with Crippen molar-refractivity contribution < 1.29 is 13.5 Å². The second kappa shape index (κ2) is 7.68. The number of hydrogen-bond acceptors (Lipinski definition) is 4. The van der Waals surface area contributed by atoms with E-state index >= 15 is 0 Å². The third-order valence-electron chi connectivity index (χ3n) is 3.74. The third kappa shape index (κ3) is 4.29. The van der Waals surface area contributed by atoms with Gasteiger partial charge in [-0.2, -0.15) is 11.3 Å². The number of nitrogens with one attached hydrogen (secondary N) is 1. The van der Waals surface area contributed by atoms with Crippen molar-refractivity contribution in [3.63, 3.8) is 0 Å². The molecule has 0 saturated heterocycles. The molecule has 0 amide bonds. The third-order valence-corrected chi connectivity index (χ3v) is 6.35. The largest absolute Gasteiger partial charge is 0.387 e. The first-order valence-corrected chi connectivity index (χ1v) is 10.3. The van der Waals surface area contributed by atoms with Gasteiger partial charge in [0.25, 0.3) is 0 Å². The maximum Gasteiger partial charge on any atom is 0.242 e. The average molecular weight is 394 g/mol. The lowest BCUT2D eigenvalue weighted by molar-refractivity contribution is 0.182. The Bertz CT molecular complexity index is 939. The van der Waals surface area contributed by atoms with Gasteiger partial charge in [0.2, 0.25) is 10.0 Å². The Kier molecular flexibility index (Phi) is 5.56. The van der Waals surface area contributed by atoms with E-state index in [-0.39, 0.29) is 16.5 Å². The van der Waals surface area contributed by atoms with Gasteiger partial charge in [-0.3, -0.25) is 0 Å². The van der Waals surface area contributed by atoms with E-state index in [1.54, 1.807) is 35.6 Å². The normalized spacial score (nSPS) is 12.9. The molecule has 2 N–H and O–H groups in total. The highest BCUT2D eigenvalue weighted by atomic mass is 35.5. The predicted molar refractivity (Wildman–Crippen MR) is 101 cm³/mol. The zero-order chi connectivity index (χ0) is 17.9. The van der Waals surface area contributed by atoms with Crippen LogP contribution in [0.15, 0.2) is 70.3 Å². The molecule has 0 fully saturated rings. The van der Waals surface area contributed by atoms with Gasteiger partial charge in [-0.15, -0.1) is 0 Å². The SMILES string of the molecule is O=S(=O)(NC[C@@H](O)c1ccc(-c2ccsc2)cc1)c1ccccc1Cl. The fraction of sp³-hybridized carbons (Fsp3) is 0.111. The van der Waals surface area contributed by atoms with Gasteiger partial charge in [0.05, 0.1) is 11.1 Å². The van der Waals surface area contributed by atoms with Crippen molar-refractivity contribution in [3.8, 4) is 11.1 Å². The lowest BCUT2D eigenvalue weighted by atomic mass is 10.0. The van der Waals surface area contributed by atoms with Crippen LogP contribution in [0.4, 0.5) is 0 Å². The second-order valence-electron chi connectivity index (χ2n) is 5.43. The maximum atomic E-state index is 12.3. The molecule has 0 spiro atoms. The van der Waals surface area contributed by atoms with Crippen LogP contribution in [0.2, 0.25) is 5.02 Å². The zero-order valence-corrected chi connectivity index (χ0v) is 15.5. The molecule has 0 aliphatic rings. The van der Waals surface area contributed by atoms with Crippen LogP contribution in [-0.4, -0.2) is 20.1 Å². The molecule has 0 bridgehead atoms. The molecule has 25 heavy (non-hydrogen) atoms. The van der Waals surface area contributed by atoms with Gasteiger partial charge in [0, 0.05) is 6.54 Å². The Balaban J connectivity index is 1.68. The Morgan fingerprint density at radius 3 is 2.40 bits per heavy atom. The average Bonchev–Trinajstić information content (AvgIpc) is 3.15. The standard InChI is InChI=1S/C18H16ClNO3S2/c19-16-3-1-2-4-18(16)25(22,23)20-11-17(21)14-7-5-13(6-8-14)15-9-10-24-12-15/h1-10,12,17,20-21H,11H2/t17-/m1/s1. The topological polar surface area (TPSA) is 66.4 Å². The van der Waals surface area contributed by atoms with E-state index in [0.717, 1.165) is 11.1 Å². The highest BCUT2D eigenvalue weighted by Crippen LogP contribution is 2.24. The van der Waals surface area contributed by atoms with Crippen LogP contribution in [-0.2, 0) is 10.0 Å². The van der Waals surface area contributed by atoms with Gasteiger partial charge in [0.15, 0.2) is 0 Å². The molecule has 3 rings (SSSR count). The molecule has 1 aromatic heterocycles. The summed E-state index contributed by atoms with van der Waals surface area (Å²) in [6.07, 6.45) is -0.950. The number of aliphatic hydroxyl groups is 1. The molecule has 7 heteroatoms. The quantitative estimate of drug-likeness (QED) is 0.663. The molecular formula is C18H16ClNO3S2. The number of aliphatic hydroxyl groups excluding tert-OH is 1. The van der Waals surface area contributed by atoms with E-state index in [1.165, 1.54) is 12.1 Å². The summed E-state index contributed by atoms with van der Waals surface area (Å²) < 4.78 is 27.0. The van der Waals surface area contributed by atoms with Crippen molar-refractivity contribution in [1.29, 1.82) is 0 Å². The van der Waals surface area contributed by atoms with Gasteiger partial charge in [0.1, 0.15) is 4.90 Å².